The quantitative estimate of drug-likeness (QED) is 0.933. The number of nitrogens with zero attached hydrogens (tertiary/aromatic N) is 3. The van der Waals surface area contributed by atoms with Crippen molar-refractivity contribution >= 4 is 17.5 Å². The second-order valence-electron chi connectivity index (χ2n) is 6.02. The molecule has 1 saturated heterocycles. The third kappa shape index (κ3) is 3.53. The SMILES string of the molecule is Cc1cc(Nc2ccc(F)cc2)nc(N2CCCC(C)C2)n1. The van der Waals surface area contributed by atoms with Crippen molar-refractivity contribution in [1.29, 1.82) is 0 Å². The van der Waals surface area contributed by atoms with Crippen molar-refractivity contribution in [3.05, 3.63) is 41.8 Å². The van der Waals surface area contributed by atoms with Gasteiger partial charge in [-0.2, -0.15) is 4.98 Å². The van der Waals surface area contributed by atoms with Crippen molar-refractivity contribution < 1.29 is 4.39 Å². The highest BCUT2D eigenvalue weighted by atomic mass is 19.1. The monoisotopic (exact) mass is 300 g/mol. The van der Waals surface area contributed by atoms with E-state index in [1.807, 2.05) is 13.0 Å². The molecule has 1 aromatic carbocycles. The molecule has 3 rings (SSSR count). The molecule has 2 aromatic rings. The number of aryl methyl sites for hydroxylation is 1. The number of anilines is 3. The minimum Gasteiger partial charge on any atom is -0.340 e. The van der Waals surface area contributed by atoms with Crippen LogP contribution in [0.4, 0.5) is 21.8 Å². The van der Waals surface area contributed by atoms with Crippen LogP contribution < -0.4 is 10.2 Å². The zero-order chi connectivity index (χ0) is 15.5. The first-order chi connectivity index (χ1) is 10.6. The molecule has 1 atom stereocenters. The predicted molar refractivity (Wildman–Crippen MR) is 87.1 cm³/mol. The average molecular weight is 300 g/mol. The van der Waals surface area contributed by atoms with Crippen LogP contribution in [0.5, 0.6) is 0 Å². The first-order valence-electron chi connectivity index (χ1n) is 7.73. The maximum absolute atomic E-state index is 13.0. The fraction of sp³-hybridized carbons (Fsp3) is 0.412. The Bertz CT molecular complexity index is 642. The average Bonchev–Trinajstić information content (AvgIpc) is 2.49. The zero-order valence-corrected chi connectivity index (χ0v) is 13.0. The normalized spacial score (nSPS) is 18.3. The molecule has 0 radical (unpaired) electrons. The number of aromatic nitrogens is 2. The summed E-state index contributed by atoms with van der Waals surface area (Å²) in [6, 6.07) is 8.18. The first kappa shape index (κ1) is 14.8. The van der Waals surface area contributed by atoms with Gasteiger partial charge in [0.05, 0.1) is 0 Å². The molecule has 1 fully saturated rings. The van der Waals surface area contributed by atoms with Gasteiger partial charge in [-0.25, -0.2) is 9.37 Å². The van der Waals surface area contributed by atoms with Crippen molar-refractivity contribution in [3.8, 4) is 0 Å². The van der Waals surface area contributed by atoms with Crippen molar-refractivity contribution in [2.75, 3.05) is 23.3 Å². The molecule has 5 heteroatoms. The highest BCUT2D eigenvalue weighted by Gasteiger charge is 2.19. The van der Waals surface area contributed by atoms with Gasteiger partial charge in [-0.05, 0) is 49.9 Å². The maximum atomic E-state index is 13.0. The van der Waals surface area contributed by atoms with E-state index in [4.69, 9.17) is 0 Å². The van der Waals surface area contributed by atoms with Crippen LogP contribution in [0.1, 0.15) is 25.5 Å². The van der Waals surface area contributed by atoms with E-state index >= 15 is 0 Å². The lowest BCUT2D eigenvalue weighted by Crippen LogP contribution is -2.35. The van der Waals surface area contributed by atoms with Crippen molar-refractivity contribution in [2.24, 2.45) is 5.92 Å². The Kier molecular flexibility index (Phi) is 4.22. The van der Waals surface area contributed by atoms with E-state index in [1.165, 1.54) is 25.0 Å². The Morgan fingerprint density at radius 3 is 2.73 bits per heavy atom. The molecule has 0 amide bonds. The van der Waals surface area contributed by atoms with Gasteiger partial charge in [0.2, 0.25) is 5.95 Å². The lowest BCUT2D eigenvalue weighted by atomic mass is 10.0. The van der Waals surface area contributed by atoms with Crippen LogP contribution in [-0.2, 0) is 0 Å². The molecular formula is C17H21FN4. The lowest BCUT2D eigenvalue weighted by molar-refractivity contribution is 0.442. The Balaban J connectivity index is 1.81. The highest BCUT2D eigenvalue weighted by Crippen LogP contribution is 2.23. The van der Waals surface area contributed by atoms with Crippen LogP contribution in [0.15, 0.2) is 30.3 Å². The fourth-order valence-corrected chi connectivity index (χ4v) is 2.81. The molecule has 1 unspecified atom stereocenters. The van der Waals surface area contributed by atoms with Gasteiger partial charge in [0.1, 0.15) is 11.6 Å². The molecule has 1 N–H and O–H groups in total. The van der Waals surface area contributed by atoms with Gasteiger partial charge < -0.3 is 10.2 Å². The second-order valence-corrected chi connectivity index (χ2v) is 6.02. The van der Waals surface area contributed by atoms with Gasteiger partial charge in [0.25, 0.3) is 0 Å². The van der Waals surface area contributed by atoms with E-state index in [1.54, 1.807) is 12.1 Å². The van der Waals surface area contributed by atoms with E-state index in [0.717, 1.165) is 36.2 Å². The highest BCUT2D eigenvalue weighted by molar-refractivity contribution is 5.57. The number of hydrogen-bond donors (Lipinski definition) is 1. The van der Waals surface area contributed by atoms with Gasteiger partial charge >= 0.3 is 0 Å². The number of halogens is 1. The zero-order valence-electron chi connectivity index (χ0n) is 13.0. The molecule has 4 nitrogen and oxygen atoms in total. The summed E-state index contributed by atoms with van der Waals surface area (Å²) in [6.07, 6.45) is 2.45. The van der Waals surface area contributed by atoms with Crippen molar-refractivity contribution in [3.63, 3.8) is 0 Å². The van der Waals surface area contributed by atoms with E-state index in [9.17, 15) is 4.39 Å². The van der Waals surface area contributed by atoms with Gasteiger partial charge in [-0.15, -0.1) is 0 Å². The number of piperidine rings is 1. The van der Waals surface area contributed by atoms with Crippen LogP contribution in [0.3, 0.4) is 0 Å². The fourth-order valence-electron chi connectivity index (χ4n) is 2.81. The summed E-state index contributed by atoms with van der Waals surface area (Å²) in [5.74, 6) is 1.95. The summed E-state index contributed by atoms with van der Waals surface area (Å²) in [4.78, 5) is 11.4. The van der Waals surface area contributed by atoms with Crippen LogP contribution in [0.2, 0.25) is 0 Å². The third-order valence-corrected chi connectivity index (χ3v) is 3.90. The number of benzene rings is 1. The molecule has 22 heavy (non-hydrogen) atoms. The summed E-state index contributed by atoms with van der Waals surface area (Å²) in [6.45, 7) is 6.23. The van der Waals surface area contributed by atoms with Gasteiger partial charge in [-0.1, -0.05) is 6.92 Å². The molecule has 2 heterocycles. The maximum Gasteiger partial charge on any atom is 0.227 e. The van der Waals surface area contributed by atoms with Crippen molar-refractivity contribution in [1.82, 2.24) is 9.97 Å². The second kappa shape index (κ2) is 6.30. The van der Waals surface area contributed by atoms with E-state index in [0.29, 0.717) is 5.92 Å². The number of nitrogens with one attached hydrogen (secondary N) is 1. The van der Waals surface area contributed by atoms with Gasteiger partial charge in [-0.3, -0.25) is 0 Å². The Hall–Kier alpha value is -2.17. The molecule has 116 valence electrons. The Morgan fingerprint density at radius 1 is 1.23 bits per heavy atom. The molecule has 1 aliphatic heterocycles. The smallest absolute Gasteiger partial charge is 0.227 e. The van der Waals surface area contributed by atoms with Crippen LogP contribution >= 0.6 is 0 Å². The van der Waals surface area contributed by atoms with E-state index in [-0.39, 0.29) is 5.82 Å². The minimum atomic E-state index is -0.243. The largest absolute Gasteiger partial charge is 0.340 e. The lowest BCUT2D eigenvalue weighted by Gasteiger charge is -2.31. The predicted octanol–water partition coefficient (Wildman–Crippen LogP) is 3.90. The van der Waals surface area contributed by atoms with Gasteiger partial charge in [0.15, 0.2) is 0 Å². The topological polar surface area (TPSA) is 41.1 Å². The van der Waals surface area contributed by atoms with E-state index < -0.39 is 0 Å². The molecule has 1 aromatic heterocycles. The number of rotatable bonds is 3. The summed E-state index contributed by atoms with van der Waals surface area (Å²) in [7, 11) is 0. The number of hydrogen-bond acceptors (Lipinski definition) is 4. The molecule has 0 spiro atoms. The first-order valence-corrected chi connectivity index (χ1v) is 7.73. The van der Waals surface area contributed by atoms with Crippen LogP contribution in [0.25, 0.3) is 0 Å². The molecular weight excluding hydrogens is 279 g/mol. The minimum absolute atomic E-state index is 0.243. The molecule has 0 aliphatic carbocycles. The molecule has 0 saturated carbocycles. The Labute approximate surface area is 130 Å². The molecule has 1 aliphatic rings. The van der Waals surface area contributed by atoms with Crippen molar-refractivity contribution in [2.45, 2.75) is 26.7 Å². The summed E-state index contributed by atoms with van der Waals surface area (Å²) < 4.78 is 13.0. The summed E-state index contributed by atoms with van der Waals surface area (Å²) in [5.41, 5.74) is 1.74. The molecule has 0 bridgehead atoms. The standard InChI is InChI=1S/C17H21FN4/c1-12-4-3-9-22(11-12)17-19-13(2)10-16(21-17)20-15-7-5-14(18)6-8-15/h5-8,10,12H,3-4,9,11H2,1-2H3,(H,19,20,21). The van der Waals surface area contributed by atoms with Gasteiger partial charge in [0, 0.05) is 30.5 Å². The van der Waals surface area contributed by atoms with Crippen LogP contribution in [-0.4, -0.2) is 23.1 Å². The summed E-state index contributed by atoms with van der Waals surface area (Å²) >= 11 is 0. The Morgan fingerprint density at radius 2 is 2.00 bits per heavy atom. The van der Waals surface area contributed by atoms with Crippen LogP contribution in [0, 0.1) is 18.7 Å². The van der Waals surface area contributed by atoms with E-state index in [2.05, 4.69) is 27.1 Å². The summed E-state index contributed by atoms with van der Waals surface area (Å²) in [5, 5.41) is 3.22. The third-order valence-electron chi connectivity index (χ3n) is 3.90.